The third kappa shape index (κ3) is 5.45. The van der Waals surface area contributed by atoms with E-state index in [2.05, 4.69) is 244 Å². The highest BCUT2D eigenvalue weighted by molar-refractivity contribution is 6.25. The molecule has 0 saturated heterocycles. The van der Waals surface area contributed by atoms with Crippen molar-refractivity contribution in [1.29, 1.82) is 0 Å². The summed E-state index contributed by atoms with van der Waals surface area (Å²) in [6.45, 7) is 0. The van der Waals surface area contributed by atoms with Crippen LogP contribution in [-0.4, -0.2) is 28.5 Å². The molecule has 5 heterocycles. The van der Waals surface area contributed by atoms with Gasteiger partial charge in [-0.05, 0) is 75.1 Å². The van der Waals surface area contributed by atoms with Crippen molar-refractivity contribution in [1.82, 2.24) is 28.5 Å². The van der Waals surface area contributed by atoms with Gasteiger partial charge in [0.1, 0.15) is 0 Å². The van der Waals surface area contributed by atoms with Crippen molar-refractivity contribution in [2.75, 3.05) is 0 Å². The van der Waals surface area contributed by atoms with E-state index in [1.54, 1.807) is 0 Å². The minimum absolute atomic E-state index is 0.549. The van der Waals surface area contributed by atoms with E-state index < -0.39 is 0 Å². The molecule has 320 valence electrons. The molecule has 0 fully saturated rings. The van der Waals surface area contributed by atoms with Gasteiger partial charge in [0.15, 0.2) is 5.82 Å². The van der Waals surface area contributed by atoms with Gasteiger partial charge in [0.25, 0.3) is 0 Å². The molecule has 5 aromatic heterocycles. The second-order valence-electron chi connectivity index (χ2n) is 17.9. The summed E-state index contributed by atoms with van der Waals surface area (Å²) >= 11 is 0. The van der Waals surface area contributed by atoms with Crippen LogP contribution in [0.3, 0.4) is 0 Å². The van der Waals surface area contributed by atoms with Crippen LogP contribution in [0.2, 0.25) is 0 Å². The summed E-state index contributed by atoms with van der Waals surface area (Å²) in [7, 11) is 0. The van der Waals surface area contributed by atoms with Gasteiger partial charge in [-0.15, -0.1) is 0 Å². The SMILES string of the molecule is c1ccc(-c2nc(-n3c4ccccc4c4ccccc43)nc(-n3c4ccccc4c4ccccc43)n2)c(-c2ccc3c(c2)c2ccccc2c2ccccc2c2cccc4c5ccccc5n3c24)c1. The number of para-hydroxylation sites is 6. The van der Waals surface area contributed by atoms with Crippen LogP contribution in [-0.2, 0) is 0 Å². The molecule has 15 rings (SSSR count). The number of hydrogen-bond donors (Lipinski definition) is 0. The zero-order chi connectivity index (χ0) is 45.2. The molecule has 0 saturated carbocycles. The lowest BCUT2D eigenvalue weighted by molar-refractivity contribution is 0.893. The molecule has 10 aromatic carbocycles. The van der Waals surface area contributed by atoms with Crippen molar-refractivity contribution in [3.8, 4) is 34.4 Å². The van der Waals surface area contributed by atoms with Crippen molar-refractivity contribution >= 4 is 103 Å². The molecule has 0 N–H and O–H groups in total. The van der Waals surface area contributed by atoms with Crippen LogP contribution in [0.15, 0.2) is 231 Å². The van der Waals surface area contributed by atoms with Gasteiger partial charge in [-0.25, -0.2) is 0 Å². The maximum atomic E-state index is 5.49. The van der Waals surface area contributed by atoms with E-state index in [0.29, 0.717) is 17.7 Å². The van der Waals surface area contributed by atoms with Crippen LogP contribution in [0, 0.1) is 0 Å². The first-order valence-electron chi connectivity index (χ1n) is 23.5. The summed E-state index contributed by atoms with van der Waals surface area (Å²) < 4.78 is 6.88. The number of hydrogen-bond acceptors (Lipinski definition) is 3. The molecule has 0 bridgehead atoms. The van der Waals surface area contributed by atoms with Crippen LogP contribution in [0.1, 0.15) is 0 Å². The Labute approximate surface area is 394 Å². The highest BCUT2D eigenvalue weighted by Gasteiger charge is 2.22. The lowest BCUT2D eigenvalue weighted by atomic mass is 9.96. The first-order chi connectivity index (χ1) is 34.3. The Kier molecular flexibility index (Phi) is 7.97. The van der Waals surface area contributed by atoms with Gasteiger partial charge < -0.3 is 4.40 Å². The fourth-order valence-electron chi connectivity index (χ4n) is 11.4. The molecule has 0 atom stereocenters. The molecule has 6 nitrogen and oxygen atoms in total. The van der Waals surface area contributed by atoms with Crippen LogP contribution in [0.25, 0.3) is 138 Å². The standard InChI is InChI=1S/C63H38N6/c1-6-28-52(61-64-62(68-55-32-13-7-23-45(55)46-24-8-14-33-56(46)68)66-63(65-61)69-57-34-15-9-25-47(57)48-26-10-16-35-58(48)69)40(18-1)39-36-37-59-53(38-39)44-22-5-3-20-42(44)41-19-2-4-21-43(41)50-29-17-30-51-49-27-11-12-31-54(49)67(59)60(50)51/h1-38H. The normalized spacial score (nSPS) is 12.1. The van der Waals surface area contributed by atoms with E-state index in [1.807, 2.05) is 0 Å². The van der Waals surface area contributed by atoms with Gasteiger partial charge in [0.2, 0.25) is 11.9 Å². The Bertz CT molecular complexity index is 4450. The first-order valence-corrected chi connectivity index (χ1v) is 23.5. The Balaban J connectivity index is 1.06. The molecule has 15 aromatic rings. The zero-order valence-corrected chi connectivity index (χ0v) is 37.1. The summed E-state index contributed by atoms with van der Waals surface area (Å²) in [6, 6.07) is 82.9. The Morgan fingerprint density at radius 2 is 0.594 bits per heavy atom. The quantitative estimate of drug-likeness (QED) is 0.177. The fraction of sp³-hybridized carbons (Fsp3) is 0. The van der Waals surface area contributed by atoms with Crippen LogP contribution in [0.5, 0.6) is 0 Å². The Hall–Kier alpha value is -9.39. The second kappa shape index (κ2) is 14.6. The average molecular weight is 879 g/mol. The largest absolute Gasteiger partial charge is 0.308 e. The molecule has 0 aliphatic heterocycles. The molecule has 0 radical (unpaired) electrons. The van der Waals surface area contributed by atoms with Crippen molar-refractivity contribution < 1.29 is 0 Å². The molecule has 0 spiro atoms. The summed E-state index contributed by atoms with van der Waals surface area (Å²) in [5, 5.41) is 14.2. The summed E-state index contributed by atoms with van der Waals surface area (Å²) in [6.07, 6.45) is 0. The van der Waals surface area contributed by atoms with E-state index in [0.717, 1.165) is 71.2 Å². The maximum Gasteiger partial charge on any atom is 0.240 e. The molecule has 69 heavy (non-hydrogen) atoms. The van der Waals surface area contributed by atoms with Crippen LogP contribution in [0.4, 0.5) is 0 Å². The van der Waals surface area contributed by atoms with Crippen molar-refractivity contribution in [2.24, 2.45) is 0 Å². The summed E-state index contributed by atoms with van der Waals surface area (Å²) in [4.78, 5) is 16.4. The van der Waals surface area contributed by atoms with E-state index in [1.165, 1.54) is 48.7 Å². The first kappa shape index (κ1) is 37.8. The topological polar surface area (TPSA) is 52.9 Å². The van der Waals surface area contributed by atoms with Gasteiger partial charge in [-0.3, -0.25) is 9.13 Å². The Morgan fingerprint density at radius 1 is 0.246 bits per heavy atom. The summed E-state index contributed by atoms with van der Waals surface area (Å²) in [5.74, 6) is 1.68. The Morgan fingerprint density at radius 3 is 1.10 bits per heavy atom. The number of benzene rings is 10. The molecule has 0 aliphatic rings. The van der Waals surface area contributed by atoms with E-state index >= 15 is 0 Å². The smallest absolute Gasteiger partial charge is 0.240 e. The van der Waals surface area contributed by atoms with Gasteiger partial charge in [0.05, 0.1) is 38.6 Å². The highest BCUT2D eigenvalue weighted by Crippen LogP contribution is 2.41. The van der Waals surface area contributed by atoms with Gasteiger partial charge in [-0.1, -0.05) is 188 Å². The monoisotopic (exact) mass is 878 g/mol. The van der Waals surface area contributed by atoms with Crippen LogP contribution >= 0.6 is 0 Å². The molecule has 6 heteroatoms. The van der Waals surface area contributed by atoms with Gasteiger partial charge in [-0.2, -0.15) is 15.0 Å². The third-order valence-electron chi connectivity index (χ3n) is 14.3. The van der Waals surface area contributed by atoms with Crippen LogP contribution < -0.4 is 0 Å². The zero-order valence-electron chi connectivity index (χ0n) is 37.1. The number of nitrogens with zero attached hydrogens (tertiary/aromatic N) is 6. The minimum Gasteiger partial charge on any atom is -0.308 e. The average Bonchev–Trinajstić information content (AvgIpc) is 4.07. The predicted octanol–water partition coefficient (Wildman–Crippen LogP) is 16.0. The fourth-order valence-corrected chi connectivity index (χ4v) is 11.4. The predicted molar refractivity (Wildman–Crippen MR) is 287 cm³/mol. The van der Waals surface area contributed by atoms with Crippen molar-refractivity contribution in [3.63, 3.8) is 0 Å². The van der Waals surface area contributed by atoms with Gasteiger partial charge in [0, 0.05) is 48.7 Å². The molecule has 0 aliphatic carbocycles. The van der Waals surface area contributed by atoms with E-state index in [9.17, 15) is 0 Å². The van der Waals surface area contributed by atoms with Crippen molar-refractivity contribution in [2.45, 2.75) is 0 Å². The van der Waals surface area contributed by atoms with Gasteiger partial charge >= 0.3 is 0 Å². The lowest BCUT2D eigenvalue weighted by Crippen LogP contribution is -2.10. The molecule has 0 amide bonds. The van der Waals surface area contributed by atoms with Crippen molar-refractivity contribution in [3.05, 3.63) is 231 Å². The minimum atomic E-state index is 0.549. The second-order valence-corrected chi connectivity index (χ2v) is 17.9. The number of rotatable bonds is 4. The van der Waals surface area contributed by atoms with E-state index in [-0.39, 0.29) is 0 Å². The maximum absolute atomic E-state index is 5.49. The molecular formula is C63H38N6. The van der Waals surface area contributed by atoms with E-state index in [4.69, 9.17) is 15.0 Å². The number of fused-ring (bicyclic) bond motifs is 16. The number of aromatic nitrogens is 6. The molecular weight excluding hydrogens is 841 g/mol. The summed E-state index contributed by atoms with van der Waals surface area (Å²) in [5.41, 5.74) is 10.6. The third-order valence-corrected chi connectivity index (χ3v) is 14.3. The lowest BCUT2D eigenvalue weighted by Gasteiger charge is -2.15. The highest BCUT2D eigenvalue weighted by atomic mass is 15.3. The molecule has 0 unspecified atom stereocenters.